The Morgan fingerprint density at radius 3 is 2.62 bits per heavy atom. The molecular formula is C15H18BrCl2N3. The molecule has 0 saturated heterocycles. The number of nitrogens with zero attached hydrogens (tertiary/aromatic N) is 2. The van der Waals surface area contributed by atoms with Gasteiger partial charge in [0, 0.05) is 29.0 Å². The van der Waals surface area contributed by atoms with Gasteiger partial charge in [-0.25, -0.2) is 0 Å². The molecule has 6 heteroatoms. The van der Waals surface area contributed by atoms with Gasteiger partial charge in [0.1, 0.15) is 0 Å². The van der Waals surface area contributed by atoms with Crippen LogP contribution in [0, 0.1) is 0 Å². The maximum absolute atomic E-state index is 6.44. The molecule has 1 N–H and O–H groups in total. The topological polar surface area (TPSA) is 29.9 Å². The number of benzene rings is 1. The van der Waals surface area contributed by atoms with E-state index in [0.29, 0.717) is 5.02 Å². The fourth-order valence-electron chi connectivity index (χ4n) is 2.39. The number of hydrogen-bond acceptors (Lipinski definition) is 2. The highest BCUT2D eigenvalue weighted by Crippen LogP contribution is 2.31. The van der Waals surface area contributed by atoms with Crippen molar-refractivity contribution in [3.05, 3.63) is 49.7 Å². The monoisotopic (exact) mass is 389 g/mol. The van der Waals surface area contributed by atoms with Gasteiger partial charge >= 0.3 is 0 Å². The molecule has 2 aromatic rings. The predicted molar refractivity (Wildman–Crippen MR) is 92.3 cm³/mol. The molecule has 0 amide bonds. The van der Waals surface area contributed by atoms with Crippen LogP contribution in [0.4, 0.5) is 0 Å². The average Bonchev–Trinajstić information content (AvgIpc) is 2.72. The molecule has 0 radical (unpaired) electrons. The van der Waals surface area contributed by atoms with Crippen LogP contribution in [0.1, 0.15) is 29.9 Å². The van der Waals surface area contributed by atoms with E-state index >= 15 is 0 Å². The van der Waals surface area contributed by atoms with Crippen LogP contribution in [0.2, 0.25) is 10.0 Å². The van der Waals surface area contributed by atoms with Crippen molar-refractivity contribution in [2.24, 2.45) is 7.05 Å². The molecule has 114 valence electrons. The molecule has 2 rings (SSSR count). The molecule has 1 heterocycles. The Balaban J connectivity index is 2.33. The van der Waals surface area contributed by atoms with E-state index in [9.17, 15) is 0 Å². The van der Waals surface area contributed by atoms with Crippen LogP contribution in [-0.2, 0) is 19.9 Å². The number of rotatable bonds is 5. The molecular weight excluding hydrogens is 373 g/mol. The van der Waals surface area contributed by atoms with Crippen molar-refractivity contribution in [3.63, 3.8) is 0 Å². The molecule has 0 aliphatic heterocycles. The Kier molecular flexibility index (Phi) is 5.72. The van der Waals surface area contributed by atoms with Crippen LogP contribution in [0.25, 0.3) is 0 Å². The number of hydrogen-bond donors (Lipinski definition) is 1. The van der Waals surface area contributed by atoms with Gasteiger partial charge in [-0.1, -0.05) is 52.1 Å². The van der Waals surface area contributed by atoms with Crippen molar-refractivity contribution in [1.82, 2.24) is 15.1 Å². The Morgan fingerprint density at radius 1 is 1.38 bits per heavy atom. The zero-order valence-corrected chi connectivity index (χ0v) is 15.3. The Bertz CT molecular complexity index is 640. The minimum absolute atomic E-state index is 0.134. The van der Waals surface area contributed by atoms with E-state index in [4.69, 9.17) is 23.2 Å². The van der Waals surface area contributed by atoms with Crippen LogP contribution >= 0.6 is 39.1 Å². The van der Waals surface area contributed by atoms with Gasteiger partial charge in [-0.2, -0.15) is 5.10 Å². The Morgan fingerprint density at radius 2 is 2.10 bits per heavy atom. The Hall–Kier alpha value is -0.550. The number of aromatic nitrogens is 2. The molecule has 0 fully saturated rings. The van der Waals surface area contributed by atoms with E-state index < -0.39 is 0 Å². The second-order valence-corrected chi connectivity index (χ2v) is 6.56. The molecule has 0 aliphatic rings. The fraction of sp³-hybridized carbons (Fsp3) is 0.400. The summed E-state index contributed by atoms with van der Waals surface area (Å²) in [4.78, 5) is 0. The number of nitrogens with one attached hydrogen (secondary N) is 1. The highest BCUT2D eigenvalue weighted by atomic mass is 79.9. The van der Waals surface area contributed by atoms with Gasteiger partial charge in [0.15, 0.2) is 0 Å². The van der Waals surface area contributed by atoms with E-state index in [2.05, 4.69) is 33.3 Å². The van der Waals surface area contributed by atoms with Crippen LogP contribution in [0.5, 0.6) is 0 Å². The van der Waals surface area contributed by atoms with Gasteiger partial charge < -0.3 is 5.32 Å². The van der Waals surface area contributed by atoms with Gasteiger partial charge in [-0.15, -0.1) is 0 Å². The molecule has 1 aromatic carbocycles. The van der Waals surface area contributed by atoms with Crippen LogP contribution in [0.3, 0.4) is 0 Å². The van der Waals surface area contributed by atoms with Gasteiger partial charge in [-0.3, -0.25) is 4.68 Å². The first kappa shape index (κ1) is 16.8. The van der Waals surface area contributed by atoms with Crippen LogP contribution < -0.4 is 5.32 Å². The molecule has 1 atom stereocenters. The first-order valence-electron chi connectivity index (χ1n) is 6.80. The van der Waals surface area contributed by atoms with Crippen molar-refractivity contribution < 1.29 is 0 Å². The van der Waals surface area contributed by atoms with Gasteiger partial charge in [-0.05, 0) is 31.2 Å². The molecule has 3 nitrogen and oxygen atoms in total. The summed E-state index contributed by atoms with van der Waals surface area (Å²) in [6.07, 6.45) is 1.60. The summed E-state index contributed by atoms with van der Waals surface area (Å²) < 4.78 is 2.86. The van der Waals surface area contributed by atoms with E-state index in [-0.39, 0.29) is 6.04 Å². The van der Waals surface area contributed by atoms with E-state index in [1.165, 1.54) is 0 Å². The minimum atomic E-state index is 0.134. The highest BCUT2D eigenvalue weighted by Gasteiger charge is 2.20. The lowest BCUT2D eigenvalue weighted by atomic mass is 10.0. The average molecular weight is 391 g/mol. The molecule has 0 saturated carbocycles. The number of likely N-dealkylation sites (N-methyl/N-ethyl adjacent to an activating group) is 1. The molecule has 21 heavy (non-hydrogen) atoms. The first-order valence-corrected chi connectivity index (χ1v) is 8.35. The lowest BCUT2D eigenvalue weighted by Gasteiger charge is -2.19. The normalized spacial score (nSPS) is 12.7. The molecule has 1 aromatic heterocycles. The lowest BCUT2D eigenvalue weighted by Crippen LogP contribution is -2.20. The third kappa shape index (κ3) is 3.62. The van der Waals surface area contributed by atoms with Crippen molar-refractivity contribution in [2.75, 3.05) is 7.05 Å². The SMILES string of the molecule is CCc1nn(C)c(CC(NC)c2ccc(Cl)cc2Br)c1Cl. The standard InChI is InChI=1S/C15H18BrCl2N3/c1-4-12-15(18)14(21(3)20-12)8-13(19-2)10-6-5-9(17)7-11(10)16/h5-7,13,19H,4,8H2,1-3H3. The quantitative estimate of drug-likeness (QED) is 0.811. The maximum Gasteiger partial charge on any atom is 0.0850 e. The summed E-state index contributed by atoms with van der Waals surface area (Å²) in [5.41, 5.74) is 3.13. The minimum Gasteiger partial charge on any atom is -0.313 e. The zero-order chi connectivity index (χ0) is 15.6. The summed E-state index contributed by atoms with van der Waals surface area (Å²) in [6, 6.07) is 5.96. The van der Waals surface area contributed by atoms with Crippen molar-refractivity contribution in [3.8, 4) is 0 Å². The smallest absolute Gasteiger partial charge is 0.0850 e. The maximum atomic E-state index is 6.44. The fourth-order valence-corrected chi connectivity index (χ4v) is 3.72. The lowest BCUT2D eigenvalue weighted by molar-refractivity contribution is 0.559. The van der Waals surface area contributed by atoms with Crippen molar-refractivity contribution in [1.29, 1.82) is 0 Å². The predicted octanol–water partition coefficient (Wildman–Crippen LogP) is 4.56. The zero-order valence-electron chi connectivity index (χ0n) is 12.3. The summed E-state index contributed by atoms with van der Waals surface area (Å²) >= 11 is 16.0. The summed E-state index contributed by atoms with van der Waals surface area (Å²) in [6.45, 7) is 2.06. The number of halogens is 3. The Labute approximate surface area is 143 Å². The van der Waals surface area contributed by atoms with E-state index in [1.54, 1.807) is 0 Å². The summed E-state index contributed by atoms with van der Waals surface area (Å²) in [7, 11) is 3.88. The molecule has 0 aliphatic carbocycles. The third-order valence-electron chi connectivity index (χ3n) is 3.59. The van der Waals surface area contributed by atoms with Crippen molar-refractivity contribution >= 4 is 39.1 Å². The largest absolute Gasteiger partial charge is 0.313 e. The third-order valence-corrected chi connectivity index (χ3v) is 4.94. The van der Waals surface area contributed by atoms with Crippen molar-refractivity contribution in [2.45, 2.75) is 25.8 Å². The van der Waals surface area contributed by atoms with Gasteiger partial charge in [0.05, 0.1) is 16.4 Å². The van der Waals surface area contributed by atoms with Crippen LogP contribution in [0.15, 0.2) is 22.7 Å². The summed E-state index contributed by atoms with van der Waals surface area (Å²) in [5.74, 6) is 0. The van der Waals surface area contributed by atoms with E-state index in [1.807, 2.05) is 37.0 Å². The first-order chi connectivity index (χ1) is 9.97. The second-order valence-electron chi connectivity index (χ2n) is 4.90. The molecule has 1 unspecified atom stereocenters. The molecule has 0 bridgehead atoms. The second kappa shape index (κ2) is 7.14. The van der Waals surface area contributed by atoms with Crippen LogP contribution in [-0.4, -0.2) is 16.8 Å². The van der Waals surface area contributed by atoms with Gasteiger partial charge in [0.2, 0.25) is 0 Å². The highest BCUT2D eigenvalue weighted by molar-refractivity contribution is 9.10. The summed E-state index contributed by atoms with van der Waals surface area (Å²) in [5, 5.41) is 9.29. The van der Waals surface area contributed by atoms with Gasteiger partial charge in [0.25, 0.3) is 0 Å². The van der Waals surface area contributed by atoms with E-state index in [0.717, 1.165) is 39.3 Å². The number of aryl methyl sites for hydroxylation is 2. The molecule has 0 spiro atoms.